The molecule has 0 aliphatic rings. The molecule has 0 saturated heterocycles. The van der Waals surface area contributed by atoms with E-state index in [2.05, 4.69) is 58.3 Å². The molecule has 2 aromatic rings. The molecule has 0 atom stereocenters. The van der Waals surface area contributed by atoms with Crippen molar-refractivity contribution in [3.63, 3.8) is 0 Å². The minimum Gasteiger partial charge on any atom is -0.504 e. The number of hydrogen-bond acceptors (Lipinski definition) is 5. The Morgan fingerprint density at radius 2 is 1.89 bits per heavy atom. The summed E-state index contributed by atoms with van der Waals surface area (Å²) in [6, 6.07) is 7.00. The molecule has 0 bridgehead atoms. The van der Waals surface area contributed by atoms with Crippen LogP contribution in [0.3, 0.4) is 0 Å². The molecular weight excluding hydrogens is 663 g/mol. The van der Waals surface area contributed by atoms with Gasteiger partial charge in [0.25, 0.3) is 5.91 Å². The maximum absolute atomic E-state index is 11.9. The van der Waals surface area contributed by atoms with Gasteiger partial charge in [-0.3, -0.25) is 4.79 Å². The van der Waals surface area contributed by atoms with E-state index in [9.17, 15) is 9.90 Å². The molecule has 0 heterocycles. The number of phenolic OH excluding ortho intramolecular Hbond substituents is 1. The van der Waals surface area contributed by atoms with E-state index < -0.39 is 5.91 Å². The van der Waals surface area contributed by atoms with Crippen molar-refractivity contribution < 1.29 is 19.4 Å². The van der Waals surface area contributed by atoms with Crippen molar-refractivity contribution >= 4 is 82.5 Å². The molecular formula is C17H14Br3IN2O4. The number of hydrazone groups is 1. The van der Waals surface area contributed by atoms with Crippen molar-refractivity contribution in [3.05, 3.63) is 46.8 Å². The maximum Gasteiger partial charge on any atom is 0.277 e. The number of aromatic hydroxyl groups is 1. The second kappa shape index (κ2) is 10.6. The highest BCUT2D eigenvalue weighted by atomic mass is 127. The SMILES string of the molecule is CCOc1cc(/C=N\NC(=O)COc2c(Br)cc(Br)cc2Br)cc(I)c1O. The van der Waals surface area contributed by atoms with E-state index in [1.165, 1.54) is 6.21 Å². The van der Waals surface area contributed by atoms with Gasteiger partial charge in [0.1, 0.15) is 5.75 Å². The normalized spacial score (nSPS) is 10.9. The van der Waals surface area contributed by atoms with Gasteiger partial charge in [-0.05, 0) is 91.2 Å². The van der Waals surface area contributed by atoms with Crippen molar-refractivity contribution in [2.45, 2.75) is 6.92 Å². The molecule has 27 heavy (non-hydrogen) atoms. The maximum atomic E-state index is 11.9. The molecule has 6 nitrogen and oxygen atoms in total. The van der Waals surface area contributed by atoms with Gasteiger partial charge in [0.2, 0.25) is 0 Å². The second-order valence-electron chi connectivity index (χ2n) is 5.06. The van der Waals surface area contributed by atoms with E-state index in [4.69, 9.17) is 9.47 Å². The number of hydrogen-bond donors (Lipinski definition) is 2. The molecule has 0 unspecified atom stereocenters. The van der Waals surface area contributed by atoms with Crippen LogP contribution in [0.1, 0.15) is 12.5 Å². The number of ether oxygens (including phenoxy) is 2. The first kappa shape index (κ1) is 22.4. The number of rotatable bonds is 7. The number of halogens is 4. The average Bonchev–Trinajstić information content (AvgIpc) is 2.58. The van der Waals surface area contributed by atoms with Crippen LogP contribution in [0.5, 0.6) is 17.2 Å². The van der Waals surface area contributed by atoms with Gasteiger partial charge >= 0.3 is 0 Å². The zero-order valence-electron chi connectivity index (χ0n) is 13.9. The molecule has 10 heteroatoms. The van der Waals surface area contributed by atoms with Crippen LogP contribution in [0.4, 0.5) is 0 Å². The first-order chi connectivity index (χ1) is 12.8. The summed E-state index contributed by atoms with van der Waals surface area (Å²) in [6.07, 6.45) is 1.47. The Hall–Kier alpha value is -0.850. The first-order valence-electron chi connectivity index (χ1n) is 7.56. The highest BCUT2D eigenvalue weighted by molar-refractivity contribution is 14.1. The van der Waals surface area contributed by atoms with Gasteiger partial charge < -0.3 is 14.6 Å². The molecule has 1 amide bonds. The number of carbonyl (C=O) groups excluding carboxylic acids is 1. The lowest BCUT2D eigenvalue weighted by Crippen LogP contribution is -2.24. The third-order valence-corrected chi connectivity index (χ3v) is 5.52. The summed E-state index contributed by atoms with van der Waals surface area (Å²) < 4.78 is 13.8. The zero-order chi connectivity index (χ0) is 20.0. The summed E-state index contributed by atoms with van der Waals surface area (Å²) in [5.74, 6) is 0.557. The molecule has 0 aromatic heterocycles. The van der Waals surface area contributed by atoms with Crippen molar-refractivity contribution in [3.8, 4) is 17.2 Å². The predicted molar refractivity (Wildman–Crippen MR) is 123 cm³/mol. The summed E-state index contributed by atoms with van der Waals surface area (Å²) in [4.78, 5) is 11.9. The van der Waals surface area contributed by atoms with Gasteiger partial charge in [-0.15, -0.1) is 0 Å². The average molecular weight is 677 g/mol. The monoisotopic (exact) mass is 674 g/mol. The third kappa shape index (κ3) is 6.61. The van der Waals surface area contributed by atoms with Gasteiger partial charge in [-0.1, -0.05) is 15.9 Å². The van der Waals surface area contributed by atoms with Crippen molar-refractivity contribution in [2.24, 2.45) is 5.10 Å². The van der Waals surface area contributed by atoms with Crippen molar-refractivity contribution in [1.29, 1.82) is 0 Å². The summed E-state index contributed by atoms with van der Waals surface area (Å²) in [5, 5.41) is 13.8. The Bertz CT molecular complexity index is 854. The van der Waals surface area contributed by atoms with Crippen molar-refractivity contribution in [2.75, 3.05) is 13.2 Å². The molecule has 0 fully saturated rings. The highest BCUT2D eigenvalue weighted by Gasteiger charge is 2.11. The molecule has 0 spiro atoms. The van der Waals surface area contributed by atoms with Crippen LogP contribution >= 0.6 is 70.4 Å². The Morgan fingerprint density at radius 3 is 2.52 bits per heavy atom. The lowest BCUT2D eigenvalue weighted by molar-refractivity contribution is -0.123. The van der Waals surface area contributed by atoms with Crippen LogP contribution < -0.4 is 14.9 Å². The lowest BCUT2D eigenvalue weighted by Gasteiger charge is -2.10. The van der Waals surface area contributed by atoms with E-state index in [1.54, 1.807) is 12.1 Å². The largest absolute Gasteiger partial charge is 0.504 e. The van der Waals surface area contributed by atoms with Crippen molar-refractivity contribution in [1.82, 2.24) is 5.43 Å². The molecule has 0 saturated carbocycles. The third-order valence-electron chi connectivity index (χ3n) is 3.06. The topological polar surface area (TPSA) is 80.2 Å². The molecule has 144 valence electrons. The Labute approximate surface area is 195 Å². The van der Waals surface area contributed by atoms with E-state index in [0.717, 1.165) is 4.47 Å². The van der Waals surface area contributed by atoms with E-state index in [-0.39, 0.29) is 12.4 Å². The smallest absolute Gasteiger partial charge is 0.277 e. The fourth-order valence-corrected chi connectivity index (χ4v) is 5.06. The molecule has 0 aliphatic carbocycles. The molecule has 2 N–H and O–H groups in total. The van der Waals surface area contributed by atoms with Crippen LogP contribution in [0.25, 0.3) is 0 Å². The summed E-state index contributed by atoms with van der Waals surface area (Å²) >= 11 is 12.1. The van der Waals surface area contributed by atoms with Gasteiger partial charge in [0.05, 0.1) is 25.3 Å². The zero-order valence-corrected chi connectivity index (χ0v) is 20.8. The first-order valence-corrected chi connectivity index (χ1v) is 11.0. The highest BCUT2D eigenvalue weighted by Crippen LogP contribution is 2.36. The van der Waals surface area contributed by atoms with Gasteiger partial charge in [0.15, 0.2) is 18.1 Å². The van der Waals surface area contributed by atoms with E-state index >= 15 is 0 Å². The van der Waals surface area contributed by atoms with Gasteiger partial charge in [0, 0.05) is 4.47 Å². The number of amides is 1. The number of nitrogens with one attached hydrogen (secondary N) is 1. The second-order valence-corrected chi connectivity index (χ2v) is 8.85. The Morgan fingerprint density at radius 1 is 1.22 bits per heavy atom. The van der Waals surface area contributed by atoms with Crippen LogP contribution in [-0.4, -0.2) is 30.4 Å². The summed E-state index contributed by atoms with van der Waals surface area (Å²) in [7, 11) is 0. The quantitative estimate of drug-likeness (QED) is 0.240. The summed E-state index contributed by atoms with van der Waals surface area (Å²) in [5.41, 5.74) is 3.08. The Kier molecular flexibility index (Phi) is 8.83. The molecule has 2 aromatic carbocycles. The molecule has 2 rings (SSSR count). The predicted octanol–water partition coefficient (Wildman–Crippen LogP) is 5.21. The molecule has 0 aliphatic heterocycles. The number of benzene rings is 2. The van der Waals surface area contributed by atoms with Crippen LogP contribution in [0.2, 0.25) is 0 Å². The van der Waals surface area contributed by atoms with Crippen LogP contribution in [-0.2, 0) is 4.79 Å². The van der Waals surface area contributed by atoms with E-state index in [1.807, 2.05) is 41.6 Å². The Balaban J connectivity index is 1.96. The number of phenols is 1. The van der Waals surface area contributed by atoms with Crippen LogP contribution in [0, 0.1) is 3.57 Å². The minimum atomic E-state index is -0.411. The lowest BCUT2D eigenvalue weighted by atomic mass is 10.2. The fraction of sp³-hybridized carbons (Fsp3) is 0.176. The molecule has 0 radical (unpaired) electrons. The van der Waals surface area contributed by atoms with Gasteiger partial charge in [-0.25, -0.2) is 5.43 Å². The van der Waals surface area contributed by atoms with Gasteiger partial charge in [-0.2, -0.15) is 5.10 Å². The van der Waals surface area contributed by atoms with E-state index in [0.29, 0.717) is 36.2 Å². The fourth-order valence-electron chi connectivity index (χ4n) is 1.95. The standard InChI is InChI=1S/C17H14Br3IN2O4/c1-2-26-14-4-9(3-13(21)16(14)25)7-22-23-15(24)8-27-17-11(19)5-10(18)6-12(17)20/h3-7,25H,2,8H2,1H3,(H,23,24)/b22-7-. The number of nitrogens with zero attached hydrogens (tertiary/aromatic N) is 1. The number of carbonyl (C=O) groups is 1. The van der Waals surface area contributed by atoms with Crippen LogP contribution in [0.15, 0.2) is 42.8 Å². The minimum absolute atomic E-state index is 0.0812. The summed E-state index contributed by atoms with van der Waals surface area (Å²) in [6.45, 7) is 2.06.